The second kappa shape index (κ2) is 8.83. The Hall–Kier alpha value is -3.94. The van der Waals surface area contributed by atoms with Crippen molar-refractivity contribution in [3.05, 3.63) is 92.6 Å². The van der Waals surface area contributed by atoms with E-state index in [4.69, 9.17) is 0 Å². The lowest BCUT2D eigenvalue weighted by molar-refractivity contribution is 0.651. The highest BCUT2D eigenvalue weighted by Gasteiger charge is 2.18. The Morgan fingerprint density at radius 1 is 0.968 bits per heavy atom. The van der Waals surface area contributed by atoms with Crippen LogP contribution in [0, 0.1) is 0 Å². The van der Waals surface area contributed by atoms with Gasteiger partial charge in [-0.2, -0.15) is 10.1 Å². The standard InChI is InChI=1S/C23H24N6O2/c1-27-20-19(21(30)28(2)23(27)31)29(15-9-14-17-10-5-3-6-11-17)22(25-20)26-24-16-18-12-7-4-8-13-18/h3-8,10-13,16H,9,14-15H2,1-2H3,(H,25,26). The van der Waals surface area contributed by atoms with Crippen LogP contribution in [0.5, 0.6) is 0 Å². The van der Waals surface area contributed by atoms with Crippen LogP contribution in [0.25, 0.3) is 11.2 Å². The molecule has 2 aromatic heterocycles. The van der Waals surface area contributed by atoms with Gasteiger partial charge in [0.05, 0.1) is 6.21 Å². The van der Waals surface area contributed by atoms with Crippen LogP contribution >= 0.6 is 0 Å². The molecule has 0 bridgehead atoms. The number of hydrogen-bond acceptors (Lipinski definition) is 5. The summed E-state index contributed by atoms with van der Waals surface area (Å²) in [6.07, 6.45) is 3.35. The van der Waals surface area contributed by atoms with Crippen molar-refractivity contribution in [1.82, 2.24) is 18.7 Å². The first kappa shape index (κ1) is 20.3. The molecule has 4 aromatic rings. The number of imidazole rings is 1. The number of nitrogens with one attached hydrogen (secondary N) is 1. The van der Waals surface area contributed by atoms with Gasteiger partial charge in [0.15, 0.2) is 11.2 Å². The zero-order chi connectivity index (χ0) is 21.8. The smallest absolute Gasteiger partial charge is 0.303 e. The molecule has 0 aliphatic carbocycles. The second-order valence-electron chi connectivity index (χ2n) is 7.33. The number of hydrazone groups is 1. The number of fused-ring (bicyclic) bond motifs is 1. The molecule has 8 nitrogen and oxygen atoms in total. The Bertz CT molecular complexity index is 1330. The predicted octanol–water partition coefficient (Wildman–Crippen LogP) is 2.51. The van der Waals surface area contributed by atoms with E-state index in [1.165, 1.54) is 17.2 Å². The minimum absolute atomic E-state index is 0.338. The van der Waals surface area contributed by atoms with E-state index >= 15 is 0 Å². The molecule has 0 radical (unpaired) electrons. The summed E-state index contributed by atoms with van der Waals surface area (Å²) >= 11 is 0. The van der Waals surface area contributed by atoms with Gasteiger partial charge in [-0.15, -0.1) is 0 Å². The lowest BCUT2D eigenvalue weighted by Crippen LogP contribution is -2.37. The zero-order valence-corrected chi connectivity index (χ0v) is 17.5. The van der Waals surface area contributed by atoms with Gasteiger partial charge in [0, 0.05) is 20.6 Å². The number of rotatable bonds is 7. The molecule has 1 N–H and O–H groups in total. The summed E-state index contributed by atoms with van der Waals surface area (Å²) in [5.74, 6) is 0.425. The van der Waals surface area contributed by atoms with Gasteiger partial charge in [0.1, 0.15) is 0 Å². The van der Waals surface area contributed by atoms with E-state index in [0.29, 0.717) is 23.7 Å². The fourth-order valence-corrected chi connectivity index (χ4v) is 3.54. The van der Waals surface area contributed by atoms with Crippen LogP contribution in [0.4, 0.5) is 5.95 Å². The molecule has 0 fully saturated rings. The maximum Gasteiger partial charge on any atom is 0.332 e. The molecule has 158 valence electrons. The van der Waals surface area contributed by atoms with Crippen LogP contribution < -0.4 is 16.7 Å². The van der Waals surface area contributed by atoms with Crippen molar-refractivity contribution >= 4 is 23.3 Å². The van der Waals surface area contributed by atoms with Crippen molar-refractivity contribution in [2.24, 2.45) is 19.2 Å². The monoisotopic (exact) mass is 416 g/mol. The molecule has 4 rings (SSSR count). The van der Waals surface area contributed by atoms with Gasteiger partial charge in [0.25, 0.3) is 5.56 Å². The molecule has 31 heavy (non-hydrogen) atoms. The topological polar surface area (TPSA) is 86.2 Å². The van der Waals surface area contributed by atoms with Gasteiger partial charge in [-0.05, 0) is 24.0 Å². The summed E-state index contributed by atoms with van der Waals surface area (Å²) in [4.78, 5) is 29.8. The third-order valence-corrected chi connectivity index (χ3v) is 5.22. The molecule has 0 saturated carbocycles. The lowest BCUT2D eigenvalue weighted by atomic mass is 10.1. The van der Waals surface area contributed by atoms with Crippen molar-refractivity contribution < 1.29 is 0 Å². The highest BCUT2D eigenvalue weighted by Crippen LogP contribution is 2.17. The first-order valence-corrected chi connectivity index (χ1v) is 10.1. The number of aryl methyl sites for hydroxylation is 3. The van der Waals surface area contributed by atoms with Crippen LogP contribution in [-0.2, 0) is 27.1 Å². The van der Waals surface area contributed by atoms with Gasteiger partial charge in [-0.3, -0.25) is 13.9 Å². The molecular weight excluding hydrogens is 392 g/mol. The van der Waals surface area contributed by atoms with Gasteiger partial charge >= 0.3 is 5.69 Å². The fraction of sp³-hybridized carbons (Fsp3) is 0.217. The van der Waals surface area contributed by atoms with Crippen molar-refractivity contribution in [2.45, 2.75) is 19.4 Å². The zero-order valence-electron chi connectivity index (χ0n) is 17.5. The van der Waals surface area contributed by atoms with Gasteiger partial charge in [-0.25, -0.2) is 10.2 Å². The molecule has 8 heteroatoms. The minimum atomic E-state index is -0.411. The van der Waals surface area contributed by atoms with E-state index in [9.17, 15) is 9.59 Å². The molecule has 0 unspecified atom stereocenters. The Kier molecular flexibility index (Phi) is 5.79. The van der Waals surface area contributed by atoms with E-state index in [2.05, 4.69) is 27.6 Å². The highest BCUT2D eigenvalue weighted by molar-refractivity contribution is 5.80. The van der Waals surface area contributed by atoms with E-state index < -0.39 is 5.69 Å². The Morgan fingerprint density at radius 2 is 1.65 bits per heavy atom. The van der Waals surface area contributed by atoms with Crippen molar-refractivity contribution in [3.63, 3.8) is 0 Å². The third-order valence-electron chi connectivity index (χ3n) is 5.22. The first-order valence-electron chi connectivity index (χ1n) is 10.1. The van der Waals surface area contributed by atoms with E-state index in [-0.39, 0.29) is 5.56 Å². The van der Waals surface area contributed by atoms with Gasteiger partial charge in [0.2, 0.25) is 5.95 Å². The summed E-state index contributed by atoms with van der Waals surface area (Å²) in [7, 11) is 3.09. The quantitative estimate of drug-likeness (QED) is 0.371. The average Bonchev–Trinajstić information content (AvgIpc) is 3.16. The Balaban J connectivity index is 1.69. The van der Waals surface area contributed by atoms with Gasteiger partial charge < -0.3 is 4.57 Å². The molecule has 2 aromatic carbocycles. The predicted molar refractivity (Wildman–Crippen MR) is 123 cm³/mol. The molecule has 2 heterocycles. The van der Waals surface area contributed by atoms with Crippen LogP contribution in [0.2, 0.25) is 0 Å². The minimum Gasteiger partial charge on any atom is -0.303 e. The molecule has 0 spiro atoms. The van der Waals surface area contributed by atoms with Crippen molar-refractivity contribution in [3.8, 4) is 0 Å². The maximum atomic E-state index is 12.9. The molecule has 0 saturated heterocycles. The summed E-state index contributed by atoms with van der Waals surface area (Å²) < 4.78 is 4.30. The van der Waals surface area contributed by atoms with E-state index in [0.717, 1.165) is 23.0 Å². The average molecular weight is 416 g/mol. The Morgan fingerprint density at radius 3 is 2.35 bits per heavy atom. The molecule has 0 aliphatic heterocycles. The number of hydrogen-bond donors (Lipinski definition) is 1. The normalized spacial score (nSPS) is 11.4. The maximum absolute atomic E-state index is 12.9. The first-order chi connectivity index (χ1) is 15.1. The number of benzene rings is 2. The van der Waals surface area contributed by atoms with E-state index in [1.54, 1.807) is 13.3 Å². The number of aromatic nitrogens is 4. The second-order valence-corrected chi connectivity index (χ2v) is 7.33. The van der Waals surface area contributed by atoms with Crippen LogP contribution in [0.15, 0.2) is 75.4 Å². The van der Waals surface area contributed by atoms with Crippen LogP contribution in [0.3, 0.4) is 0 Å². The molecule has 0 atom stereocenters. The molecule has 0 aliphatic rings. The van der Waals surface area contributed by atoms with Crippen LogP contribution in [0.1, 0.15) is 17.5 Å². The Labute approximate surface area is 179 Å². The summed E-state index contributed by atoms with van der Waals surface area (Å²) in [5, 5.41) is 4.28. The SMILES string of the molecule is Cn1c(=O)c2c(nc(NN=Cc3ccccc3)n2CCCc2ccccc2)n(C)c1=O. The third kappa shape index (κ3) is 4.18. The van der Waals surface area contributed by atoms with Crippen molar-refractivity contribution in [1.29, 1.82) is 0 Å². The van der Waals surface area contributed by atoms with E-state index in [1.807, 2.05) is 53.1 Å². The highest BCUT2D eigenvalue weighted by atomic mass is 16.2. The summed E-state index contributed by atoms with van der Waals surface area (Å²) in [6.45, 7) is 0.558. The number of nitrogens with zero attached hydrogens (tertiary/aromatic N) is 5. The number of anilines is 1. The molecule has 0 amide bonds. The van der Waals surface area contributed by atoms with Crippen LogP contribution in [-0.4, -0.2) is 24.9 Å². The largest absolute Gasteiger partial charge is 0.332 e. The lowest BCUT2D eigenvalue weighted by Gasteiger charge is -2.09. The van der Waals surface area contributed by atoms with Gasteiger partial charge in [-0.1, -0.05) is 60.7 Å². The molecular formula is C23H24N6O2. The fourth-order valence-electron chi connectivity index (χ4n) is 3.54. The van der Waals surface area contributed by atoms with Crippen molar-refractivity contribution in [2.75, 3.05) is 5.43 Å². The summed E-state index contributed by atoms with van der Waals surface area (Å²) in [6, 6.07) is 19.9. The summed E-state index contributed by atoms with van der Waals surface area (Å²) in [5.41, 5.74) is 5.05.